The Morgan fingerprint density at radius 2 is 2.06 bits per heavy atom. The Labute approximate surface area is 113 Å². The van der Waals surface area contributed by atoms with Gasteiger partial charge in [0, 0.05) is 17.0 Å². The molecule has 4 nitrogen and oxygen atoms in total. The number of aryl methyl sites for hydroxylation is 2. The van der Waals surface area contributed by atoms with Crippen molar-refractivity contribution < 1.29 is 0 Å². The maximum atomic E-state index is 11.9. The largest absolute Gasteiger partial charge is 0.310 e. The molecule has 5 heteroatoms. The molecule has 0 fully saturated rings. The van der Waals surface area contributed by atoms with E-state index in [2.05, 4.69) is 28.5 Å². The summed E-state index contributed by atoms with van der Waals surface area (Å²) in [5, 5.41) is 4.03. The molecule has 0 aromatic carbocycles. The summed E-state index contributed by atoms with van der Waals surface area (Å²) in [7, 11) is 0. The van der Waals surface area contributed by atoms with Gasteiger partial charge in [0.25, 0.3) is 5.56 Å². The van der Waals surface area contributed by atoms with Crippen molar-refractivity contribution in [3.8, 4) is 0 Å². The van der Waals surface area contributed by atoms with Crippen LogP contribution in [-0.4, -0.2) is 28.0 Å². The van der Waals surface area contributed by atoms with Crippen LogP contribution in [0.2, 0.25) is 0 Å². The lowest BCUT2D eigenvalue weighted by Gasteiger charge is -2.16. The summed E-state index contributed by atoms with van der Waals surface area (Å²) in [6.07, 6.45) is 3.22. The zero-order chi connectivity index (χ0) is 13.7. The lowest BCUT2D eigenvalue weighted by Crippen LogP contribution is -2.29. The van der Waals surface area contributed by atoms with Crippen LogP contribution in [0, 0.1) is 13.8 Å². The van der Waals surface area contributed by atoms with Gasteiger partial charge in [0.2, 0.25) is 0 Å². The summed E-state index contributed by atoms with van der Waals surface area (Å²) in [5.74, 6) is 0.671. The molecule has 0 aliphatic carbocycles. The quantitative estimate of drug-likeness (QED) is 0.831. The van der Waals surface area contributed by atoms with Crippen LogP contribution in [0.25, 0.3) is 0 Å². The van der Waals surface area contributed by atoms with Gasteiger partial charge < -0.3 is 10.3 Å². The highest BCUT2D eigenvalue weighted by Crippen LogP contribution is 2.12. The van der Waals surface area contributed by atoms with Crippen molar-refractivity contribution in [2.45, 2.75) is 45.4 Å². The highest BCUT2D eigenvalue weighted by Gasteiger charge is 2.14. The summed E-state index contributed by atoms with van der Waals surface area (Å²) in [5.41, 5.74) is 1.53. The SMILES string of the molecule is CSC(C)CCNC(C)c1c(C)nc(C)[nH]c1=O. The number of aromatic nitrogens is 2. The number of aromatic amines is 1. The van der Waals surface area contributed by atoms with Gasteiger partial charge in [-0.05, 0) is 40.0 Å². The van der Waals surface area contributed by atoms with E-state index in [9.17, 15) is 4.79 Å². The molecule has 18 heavy (non-hydrogen) atoms. The second-order valence-corrected chi connectivity index (χ2v) is 5.94. The molecule has 0 aliphatic heterocycles. The molecule has 0 spiro atoms. The fourth-order valence-electron chi connectivity index (χ4n) is 1.97. The Balaban J connectivity index is 2.67. The Hall–Kier alpha value is -0.810. The molecule has 1 aromatic heterocycles. The molecule has 2 unspecified atom stereocenters. The predicted octanol–water partition coefficient (Wildman–Crippen LogP) is 2.18. The van der Waals surface area contributed by atoms with Crippen molar-refractivity contribution >= 4 is 11.8 Å². The van der Waals surface area contributed by atoms with Crippen molar-refractivity contribution in [1.29, 1.82) is 0 Å². The van der Waals surface area contributed by atoms with Crippen molar-refractivity contribution in [2.24, 2.45) is 0 Å². The van der Waals surface area contributed by atoms with E-state index in [1.54, 1.807) is 6.92 Å². The molecule has 1 aromatic rings. The summed E-state index contributed by atoms with van der Waals surface area (Å²) in [6, 6.07) is 0.0379. The monoisotopic (exact) mass is 269 g/mol. The number of hydrogen-bond acceptors (Lipinski definition) is 4. The molecular formula is C13H23N3OS. The van der Waals surface area contributed by atoms with Crippen LogP contribution in [0.4, 0.5) is 0 Å². The predicted molar refractivity (Wildman–Crippen MR) is 78.3 cm³/mol. The van der Waals surface area contributed by atoms with E-state index in [4.69, 9.17) is 0 Å². The van der Waals surface area contributed by atoms with Crippen LogP contribution >= 0.6 is 11.8 Å². The summed E-state index contributed by atoms with van der Waals surface area (Å²) < 4.78 is 0. The molecule has 2 atom stereocenters. The van der Waals surface area contributed by atoms with E-state index >= 15 is 0 Å². The number of rotatable bonds is 6. The lowest BCUT2D eigenvalue weighted by atomic mass is 10.1. The van der Waals surface area contributed by atoms with Gasteiger partial charge in [-0.25, -0.2) is 4.98 Å². The van der Waals surface area contributed by atoms with Crippen molar-refractivity contribution in [1.82, 2.24) is 15.3 Å². The van der Waals surface area contributed by atoms with Crippen molar-refractivity contribution in [3.63, 3.8) is 0 Å². The first-order valence-electron chi connectivity index (χ1n) is 6.29. The Morgan fingerprint density at radius 3 is 2.61 bits per heavy atom. The van der Waals surface area contributed by atoms with E-state index in [1.807, 2.05) is 25.6 Å². The summed E-state index contributed by atoms with van der Waals surface area (Å²) in [6.45, 7) is 8.83. The van der Waals surface area contributed by atoms with E-state index in [1.165, 1.54) is 0 Å². The molecule has 1 rings (SSSR count). The Bertz CT molecular complexity index is 444. The smallest absolute Gasteiger partial charge is 0.255 e. The topological polar surface area (TPSA) is 57.8 Å². The molecule has 102 valence electrons. The first kappa shape index (κ1) is 15.2. The zero-order valence-electron chi connectivity index (χ0n) is 11.8. The average molecular weight is 269 g/mol. The number of thioether (sulfide) groups is 1. The van der Waals surface area contributed by atoms with E-state index in [0.29, 0.717) is 11.1 Å². The van der Waals surface area contributed by atoms with Gasteiger partial charge in [-0.2, -0.15) is 11.8 Å². The fraction of sp³-hybridized carbons (Fsp3) is 0.692. The van der Waals surface area contributed by atoms with Crippen LogP contribution in [0.5, 0.6) is 0 Å². The van der Waals surface area contributed by atoms with Crippen LogP contribution in [0.3, 0.4) is 0 Å². The molecular weight excluding hydrogens is 246 g/mol. The maximum absolute atomic E-state index is 11.9. The van der Waals surface area contributed by atoms with Gasteiger partial charge in [-0.15, -0.1) is 0 Å². The minimum absolute atomic E-state index is 0.0297. The van der Waals surface area contributed by atoms with Gasteiger partial charge in [0.15, 0.2) is 0 Å². The van der Waals surface area contributed by atoms with Gasteiger partial charge in [0.1, 0.15) is 5.82 Å². The van der Waals surface area contributed by atoms with Crippen LogP contribution < -0.4 is 10.9 Å². The van der Waals surface area contributed by atoms with E-state index < -0.39 is 0 Å². The Kier molecular flexibility index (Phi) is 5.88. The third kappa shape index (κ3) is 4.14. The van der Waals surface area contributed by atoms with Gasteiger partial charge in [0.05, 0.1) is 5.56 Å². The van der Waals surface area contributed by atoms with E-state index in [0.717, 1.165) is 24.2 Å². The molecule has 0 saturated carbocycles. The highest BCUT2D eigenvalue weighted by molar-refractivity contribution is 7.99. The first-order chi connectivity index (χ1) is 8.45. The molecule has 0 bridgehead atoms. The van der Waals surface area contributed by atoms with Crippen molar-refractivity contribution in [3.05, 3.63) is 27.4 Å². The number of H-pyrrole nitrogens is 1. The molecule has 0 amide bonds. The number of nitrogens with zero attached hydrogens (tertiary/aromatic N) is 1. The average Bonchev–Trinajstić information content (AvgIpc) is 2.27. The van der Waals surface area contributed by atoms with Crippen LogP contribution in [0.15, 0.2) is 4.79 Å². The molecule has 0 saturated heterocycles. The standard InChI is InChI=1S/C13H23N3OS/c1-8(18-5)6-7-14-9(2)12-10(3)15-11(4)16-13(12)17/h8-9,14H,6-7H2,1-5H3,(H,15,16,17). The summed E-state index contributed by atoms with van der Waals surface area (Å²) in [4.78, 5) is 19.0. The number of nitrogens with one attached hydrogen (secondary N) is 2. The second-order valence-electron chi connectivity index (χ2n) is 4.66. The lowest BCUT2D eigenvalue weighted by molar-refractivity contribution is 0.548. The highest BCUT2D eigenvalue weighted by atomic mass is 32.2. The minimum atomic E-state index is -0.0297. The van der Waals surface area contributed by atoms with Gasteiger partial charge in [-0.3, -0.25) is 4.79 Å². The van der Waals surface area contributed by atoms with Gasteiger partial charge >= 0.3 is 0 Å². The first-order valence-corrected chi connectivity index (χ1v) is 7.58. The fourth-order valence-corrected chi connectivity index (χ4v) is 2.32. The molecule has 2 N–H and O–H groups in total. The molecule has 0 radical (unpaired) electrons. The Morgan fingerprint density at radius 1 is 1.39 bits per heavy atom. The second kappa shape index (κ2) is 6.95. The van der Waals surface area contributed by atoms with Crippen LogP contribution in [-0.2, 0) is 0 Å². The summed E-state index contributed by atoms with van der Waals surface area (Å²) >= 11 is 1.86. The van der Waals surface area contributed by atoms with Crippen LogP contribution in [0.1, 0.15) is 43.4 Å². The van der Waals surface area contributed by atoms with E-state index in [-0.39, 0.29) is 11.6 Å². The normalized spacial score (nSPS) is 14.5. The molecule has 0 aliphatic rings. The van der Waals surface area contributed by atoms with Gasteiger partial charge in [-0.1, -0.05) is 6.92 Å². The molecule has 1 heterocycles. The third-order valence-corrected chi connectivity index (χ3v) is 4.14. The minimum Gasteiger partial charge on any atom is -0.310 e. The zero-order valence-corrected chi connectivity index (χ0v) is 12.6. The maximum Gasteiger partial charge on any atom is 0.255 e. The third-order valence-electron chi connectivity index (χ3n) is 3.10. The number of hydrogen-bond donors (Lipinski definition) is 2. The van der Waals surface area contributed by atoms with Crippen molar-refractivity contribution in [2.75, 3.05) is 12.8 Å².